The van der Waals surface area contributed by atoms with Crippen molar-refractivity contribution in [2.75, 3.05) is 4.90 Å². The number of alkyl halides is 3. The van der Waals surface area contributed by atoms with Crippen LogP contribution >= 0.6 is 0 Å². The predicted octanol–water partition coefficient (Wildman–Crippen LogP) is 5.79. The first kappa shape index (κ1) is 23.7. The highest BCUT2D eigenvalue weighted by atomic mass is 19.4. The Bertz CT molecular complexity index is 1400. The van der Waals surface area contributed by atoms with Gasteiger partial charge in [-0.25, -0.2) is 13.6 Å². The summed E-state index contributed by atoms with van der Waals surface area (Å²) < 4.78 is 75.8. The molecule has 4 rings (SSSR count). The molecule has 0 aliphatic rings. The van der Waals surface area contributed by atoms with E-state index in [1.165, 1.54) is 18.3 Å². The number of carbonyl (C=O) groups is 1. The van der Waals surface area contributed by atoms with Crippen LogP contribution in [-0.4, -0.2) is 20.8 Å². The molecule has 35 heavy (non-hydrogen) atoms. The number of aromatic nitrogens is 3. The van der Waals surface area contributed by atoms with Crippen molar-refractivity contribution in [3.05, 3.63) is 84.3 Å². The van der Waals surface area contributed by atoms with E-state index in [0.717, 1.165) is 17.7 Å². The lowest BCUT2D eigenvalue weighted by molar-refractivity contribution is -0.137. The number of urea groups is 1. The summed E-state index contributed by atoms with van der Waals surface area (Å²) in [5, 5.41) is 4.06. The van der Waals surface area contributed by atoms with Crippen LogP contribution in [0.25, 0.3) is 11.3 Å². The van der Waals surface area contributed by atoms with Crippen LogP contribution in [0, 0.1) is 11.6 Å². The van der Waals surface area contributed by atoms with E-state index in [2.05, 4.69) is 10.1 Å². The molecule has 0 unspecified atom stereocenters. The quantitative estimate of drug-likeness (QED) is 0.360. The Labute approximate surface area is 195 Å². The Hall–Kier alpha value is -4.48. The van der Waals surface area contributed by atoms with E-state index in [4.69, 9.17) is 10.5 Å². The molecule has 0 bridgehead atoms. The predicted molar refractivity (Wildman–Crippen MR) is 116 cm³/mol. The third-order valence-electron chi connectivity index (χ3n) is 4.86. The van der Waals surface area contributed by atoms with Gasteiger partial charge in [-0.1, -0.05) is 0 Å². The molecule has 0 saturated carbocycles. The van der Waals surface area contributed by atoms with Gasteiger partial charge in [0.15, 0.2) is 5.82 Å². The third kappa shape index (κ3) is 5.05. The Morgan fingerprint density at radius 1 is 1.00 bits per heavy atom. The molecule has 7 nitrogen and oxygen atoms in total. The van der Waals surface area contributed by atoms with E-state index < -0.39 is 40.8 Å². The Morgan fingerprint density at radius 2 is 1.74 bits per heavy atom. The number of carbonyl (C=O) groups excluding carboxylic acids is 1. The van der Waals surface area contributed by atoms with Crippen LogP contribution in [0.2, 0.25) is 0 Å². The molecule has 0 aliphatic heterocycles. The molecule has 0 fully saturated rings. The van der Waals surface area contributed by atoms with Gasteiger partial charge in [-0.3, -0.25) is 14.6 Å². The highest BCUT2D eigenvalue weighted by Crippen LogP contribution is 2.37. The number of halogens is 5. The van der Waals surface area contributed by atoms with Crippen molar-refractivity contribution in [3.63, 3.8) is 0 Å². The molecule has 0 saturated heterocycles. The third-order valence-corrected chi connectivity index (χ3v) is 4.86. The van der Waals surface area contributed by atoms with Crippen molar-refractivity contribution in [2.45, 2.75) is 6.18 Å². The number of anilines is 2. The summed E-state index contributed by atoms with van der Waals surface area (Å²) in [5.41, 5.74) is 3.88. The van der Waals surface area contributed by atoms with E-state index in [1.807, 2.05) is 0 Å². The van der Waals surface area contributed by atoms with E-state index in [0.29, 0.717) is 34.5 Å². The van der Waals surface area contributed by atoms with Crippen LogP contribution in [0.3, 0.4) is 0 Å². The van der Waals surface area contributed by atoms with Gasteiger partial charge in [0.25, 0.3) is 0 Å². The number of pyridine rings is 1. The summed E-state index contributed by atoms with van der Waals surface area (Å²) in [6.07, 6.45) is 0.00660. The molecule has 2 amide bonds. The smallest absolute Gasteiger partial charge is 0.416 e. The molecule has 2 aromatic heterocycles. The largest absolute Gasteiger partial charge is 0.457 e. The van der Waals surface area contributed by atoms with Crippen molar-refractivity contribution in [3.8, 4) is 22.8 Å². The summed E-state index contributed by atoms with van der Waals surface area (Å²) in [5.74, 6) is -1.97. The fourth-order valence-corrected chi connectivity index (χ4v) is 3.28. The highest BCUT2D eigenvalue weighted by molar-refractivity contribution is 5.98. The van der Waals surface area contributed by atoms with E-state index in [9.17, 15) is 26.7 Å². The second kappa shape index (κ2) is 9.05. The number of rotatable bonds is 5. The van der Waals surface area contributed by atoms with Crippen LogP contribution in [0.5, 0.6) is 11.5 Å². The Morgan fingerprint density at radius 3 is 2.37 bits per heavy atom. The monoisotopic (exact) mass is 489 g/mol. The molecular weight excluding hydrogens is 473 g/mol. The van der Waals surface area contributed by atoms with E-state index in [1.54, 1.807) is 30.2 Å². The number of nitrogens with zero attached hydrogens (tertiary/aromatic N) is 4. The van der Waals surface area contributed by atoms with Crippen LogP contribution in [0.4, 0.5) is 38.1 Å². The zero-order chi connectivity index (χ0) is 25.3. The zero-order valence-electron chi connectivity index (χ0n) is 17.9. The first-order chi connectivity index (χ1) is 16.5. The number of hydrogen-bond acceptors (Lipinski definition) is 4. The summed E-state index contributed by atoms with van der Waals surface area (Å²) in [6.45, 7) is 0. The molecule has 0 spiro atoms. The molecule has 180 valence electrons. The lowest BCUT2D eigenvalue weighted by atomic mass is 10.1. The minimum Gasteiger partial charge on any atom is -0.457 e. The SMILES string of the molecule is Cn1cc(-c2cc(Oc3ccc(N(C(N)=O)c4cc(C(F)(F)F)ccc4F)c(F)c3)ccn2)cn1. The van der Waals surface area contributed by atoms with E-state index >= 15 is 0 Å². The van der Waals surface area contributed by atoms with Crippen molar-refractivity contribution < 1.29 is 31.5 Å². The molecule has 2 N–H and O–H groups in total. The van der Waals surface area contributed by atoms with Gasteiger partial charge in [0.2, 0.25) is 0 Å². The second-order valence-electron chi connectivity index (χ2n) is 7.33. The van der Waals surface area contributed by atoms with Crippen LogP contribution in [0.1, 0.15) is 5.56 Å². The minimum atomic E-state index is -4.82. The van der Waals surface area contributed by atoms with Gasteiger partial charge in [-0.2, -0.15) is 18.3 Å². The maximum absolute atomic E-state index is 15.0. The number of benzene rings is 2. The average molecular weight is 489 g/mol. The summed E-state index contributed by atoms with van der Waals surface area (Å²) in [4.78, 5) is 16.5. The maximum Gasteiger partial charge on any atom is 0.416 e. The number of nitrogens with two attached hydrogens (primary N) is 1. The van der Waals surface area contributed by atoms with Gasteiger partial charge < -0.3 is 10.5 Å². The summed E-state index contributed by atoms with van der Waals surface area (Å²) >= 11 is 0. The molecule has 12 heteroatoms. The topological polar surface area (TPSA) is 86.3 Å². The molecule has 0 radical (unpaired) electrons. The number of primary amides is 1. The molecule has 2 aromatic carbocycles. The zero-order valence-corrected chi connectivity index (χ0v) is 17.9. The van der Waals surface area contributed by atoms with Gasteiger partial charge in [0.1, 0.15) is 17.3 Å². The average Bonchev–Trinajstić information content (AvgIpc) is 3.22. The molecule has 4 aromatic rings. The van der Waals surface area contributed by atoms with Gasteiger partial charge in [0.05, 0.1) is 28.8 Å². The fourth-order valence-electron chi connectivity index (χ4n) is 3.28. The summed E-state index contributed by atoms with van der Waals surface area (Å²) in [7, 11) is 1.74. The fraction of sp³-hybridized carbons (Fsp3) is 0.0870. The molecular formula is C23H16F5N5O2. The van der Waals surface area contributed by atoms with Crippen molar-refractivity contribution in [1.29, 1.82) is 0 Å². The van der Waals surface area contributed by atoms with E-state index in [-0.39, 0.29) is 5.75 Å². The van der Waals surface area contributed by atoms with Crippen LogP contribution < -0.4 is 15.4 Å². The van der Waals surface area contributed by atoms with Crippen molar-refractivity contribution in [2.24, 2.45) is 12.8 Å². The van der Waals surface area contributed by atoms with Gasteiger partial charge >= 0.3 is 12.2 Å². The Balaban J connectivity index is 1.65. The Kier molecular flexibility index (Phi) is 6.12. The maximum atomic E-state index is 15.0. The lowest BCUT2D eigenvalue weighted by Gasteiger charge is -2.23. The standard InChI is InChI=1S/C23H16F5N5O2/c1-32-12-13(11-31-32)19-10-16(6-7-30-19)35-15-3-5-20(18(25)9-15)33(22(29)34)21-8-14(23(26,27)28)2-4-17(21)24/h2-12H,1H3,(H2,29,34). The minimum absolute atomic E-state index is 0.00326. The second-order valence-corrected chi connectivity index (χ2v) is 7.33. The molecule has 2 heterocycles. The van der Waals surface area contributed by atoms with Crippen molar-refractivity contribution >= 4 is 17.4 Å². The highest BCUT2D eigenvalue weighted by Gasteiger charge is 2.33. The van der Waals surface area contributed by atoms with Crippen molar-refractivity contribution in [1.82, 2.24) is 14.8 Å². The number of amides is 2. The molecule has 0 aliphatic carbocycles. The number of ether oxygens (including phenoxy) is 1. The molecule has 0 atom stereocenters. The number of hydrogen-bond donors (Lipinski definition) is 1. The van der Waals surface area contributed by atoms with Gasteiger partial charge in [-0.05, 0) is 36.4 Å². The van der Waals surface area contributed by atoms with Gasteiger partial charge in [0, 0.05) is 37.1 Å². The van der Waals surface area contributed by atoms with Crippen LogP contribution in [0.15, 0.2) is 67.1 Å². The lowest BCUT2D eigenvalue weighted by Crippen LogP contribution is -2.33. The first-order valence-corrected chi connectivity index (χ1v) is 9.91. The van der Waals surface area contributed by atoms with Crippen LogP contribution in [-0.2, 0) is 13.2 Å². The van der Waals surface area contributed by atoms with Gasteiger partial charge in [-0.15, -0.1) is 0 Å². The summed E-state index contributed by atoms with van der Waals surface area (Å²) in [6, 6.07) is 6.32. The normalized spacial score (nSPS) is 11.4. The first-order valence-electron chi connectivity index (χ1n) is 9.91. The number of aryl methyl sites for hydroxylation is 1.